The highest BCUT2D eigenvalue weighted by atomic mass is 32.2. The molecule has 2 aliphatic rings. The summed E-state index contributed by atoms with van der Waals surface area (Å²) in [7, 11) is -4.54. The minimum absolute atomic E-state index is 0.0834. The fourth-order valence-electron chi connectivity index (χ4n) is 3.67. The summed E-state index contributed by atoms with van der Waals surface area (Å²) in [5, 5.41) is 4.76. The number of hydrogen-bond donors (Lipinski definition) is 4. The van der Waals surface area contributed by atoms with Crippen molar-refractivity contribution in [3.63, 3.8) is 0 Å². The van der Waals surface area contributed by atoms with Gasteiger partial charge in [-0.25, -0.2) is 19.0 Å². The summed E-state index contributed by atoms with van der Waals surface area (Å²) in [5.74, 6) is -4.66. The lowest BCUT2D eigenvalue weighted by Gasteiger charge is -2.37. The van der Waals surface area contributed by atoms with Gasteiger partial charge in [-0.05, 0) is 12.5 Å². The van der Waals surface area contributed by atoms with E-state index in [4.69, 9.17) is 0 Å². The fraction of sp³-hybridized carbons (Fsp3) is 0.381. The number of piperazine rings is 1. The molecule has 2 heterocycles. The van der Waals surface area contributed by atoms with E-state index in [9.17, 15) is 42.0 Å². The Hall–Kier alpha value is -4.54. The lowest BCUT2D eigenvalue weighted by atomic mass is 10.0. The number of hydrogen-bond acceptors (Lipinski definition) is 9. The van der Waals surface area contributed by atoms with E-state index in [1.807, 2.05) is 0 Å². The minimum atomic E-state index is -4.54. The van der Waals surface area contributed by atoms with E-state index >= 15 is 0 Å². The highest BCUT2D eigenvalue weighted by molar-refractivity contribution is 7.88. The predicted octanol–water partition coefficient (Wildman–Crippen LogP) is -2.45. The van der Waals surface area contributed by atoms with Crippen LogP contribution < -0.4 is 20.1 Å². The third-order valence-electron chi connectivity index (χ3n) is 5.59. The number of benzene rings is 1. The first-order chi connectivity index (χ1) is 17.8. The quantitative estimate of drug-likeness (QED) is 0.209. The van der Waals surface area contributed by atoms with Gasteiger partial charge < -0.3 is 15.5 Å². The molecule has 204 valence electrons. The highest BCUT2D eigenvalue weighted by Crippen LogP contribution is 2.17. The molecular formula is C21H25N7O9S. The first-order valence-corrected chi connectivity index (χ1v) is 12.8. The minimum Gasteiger partial charge on any atom is -0.341 e. The van der Waals surface area contributed by atoms with Gasteiger partial charge in [0.1, 0.15) is 12.1 Å². The van der Waals surface area contributed by atoms with Crippen LogP contribution in [-0.4, -0.2) is 96.9 Å². The monoisotopic (exact) mass is 551 g/mol. The number of amides is 9. The van der Waals surface area contributed by atoms with Crippen LogP contribution in [0.2, 0.25) is 0 Å². The number of nitrogens with one attached hydrogen (secondary N) is 4. The molecule has 0 aliphatic carbocycles. The number of likely N-dealkylation sites (N-methyl/N-ethyl adjacent to an activating group) is 1. The topological polar surface area (TPSA) is 211 Å². The van der Waals surface area contributed by atoms with Gasteiger partial charge in [-0.3, -0.25) is 33.8 Å². The van der Waals surface area contributed by atoms with Crippen LogP contribution in [0.4, 0.5) is 9.59 Å². The first-order valence-electron chi connectivity index (χ1n) is 11.3. The Kier molecular flexibility index (Phi) is 8.29. The third-order valence-corrected chi connectivity index (χ3v) is 6.59. The summed E-state index contributed by atoms with van der Waals surface area (Å²) >= 11 is 0. The van der Waals surface area contributed by atoms with Crippen molar-refractivity contribution in [3.8, 4) is 0 Å². The van der Waals surface area contributed by atoms with E-state index in [1.165, 1.54) is 26.5 Å². The van der Waals surface area contributed by atoms with Crippen molar-refractivity contribution in [2.24, 2.45) is 0 Å². The van der Waals surface area contributed by atoms with Crippen LogP contribution >= 0.6 is 0 Å². The summed E-state index contributed by atoms with van der Waals surface area (Å²) in [6, 6.07) is 2.93. The molecular weight excluding hydrogens is 526 g/mol. The Balaban J connectivity index is 1.67. The van der Waals surface area contributed by atoms with Crippen LogP contribution in [0.3, 0.4) is 0 Å². The van der Waals surface area contributed by atoms with Crippen LogP contribution in [0, 0.1) is 0 Å². The standard InChI is InChI=1S/C21H25N7O9S/c1-3-26-9-10-27(19(33)18(26)32)20(34)23-15(13-7-5-4-6-8-13)16(30)22-14-11-28(17(14)31)21(35)25-38(36,37)24-12(2)29/h4-8,14-15H,3,9-11H2,1-2H3,(H,22,30)(H,23,34)(H,24,29)(H,25,35)/t14-,15?/m0/s1. The lowest BCUT2D eigenvalue weighted by molar-refractivity contribution is -0.153. The molecule has 38 heavy (non-hydrogen) atoms. The van der Waals surface area contributed by atoms with Crippen molar-refractivity contribution in [3.05, 3.63) is 35.9 Å². The summed E-state index contributed by atoms with van der Waals surface area (Å²) in [6.07, 6.45) is 0. The maximum absolute atomic E-state index is 13.1. The number of carbonyl (C=O) groups excluding carboxylic acids is 7. The largest absolute Gasteiger partial charge is 0.341 e. The molecule has 4 N–H and O–H groups in total. The van der Waals surface area contributed by atoms with Crippen molar-refractivity contribution in [2.45, 2.75) is 25.9 Å². The van der Waals surface area contributed by atoms with Crippen molar-refractivity contribution in [1.29, 1.82) is 0 Å². The second-order valence-corrected chi connectivity index (χ2v) is 9.63. The van der Waals surface area contributed by atoms with E-state index in [0.29, 0.717) is 21.9 Å². The zero-order chi connectivity index (χ0) is 28.2. The van der Waals surface area contributed by atoms with Gasteiger partial charge in [-0.2, -0.15) is 8.42 Å². The smallest absolute Gasteiger partial charge is 0.339 e. The van der Waals surface area contributed by atoms with Crippen molar-refractivity contribution in [1.82, 2.24) is 34.8 Å². The second-order valence-electron chi connectivity index (χ2n) is 8.21. The van der Waals surface area contributed by atoms with E-state index in [2.05, 4.69) is 10.6 Å². The molecule has 0 saturated carbocycles. The molecule has 2 aliphatic heterocycles. The van der Waals surface area contributed by atoms with Crippen LogP contribution in [0.15, 0.2) is 30.3 Å². The number of nitrogens with zero attached hydrogens (tertiary/aromatic N) is 3. The summed E-state index contributed by atoms with van der Waals surface area (Å²) in [5.41, 5.74) is 0.298. The van der Waals surface area contributed by atoms with Gasteiger partial charge in [0.2, 0.25) is 11.8 Å². The molecule has 1 unspecified atom stereocenters. The highest BCUT2D eigenvalue weighted by Gasteiger charge is 2.44. The SMILES string of the molecule is CCN1CCN(C(=O)NC(C(=O)N[C@H]2CN(C(=O)NS(=O)(=O)NC(C)=O)C2=O)c2ccccc2)C(=O)C1=O. The van der Waals surface area contributed by atoms with Gasteiger partial charge in [0, 0.05) is 26.6 Å². The molecule has 3 rings (SSSR count). The maximum atomic E-state index is 13.1. The van der Waals surface area contributed by atoms with Crippen molar-refractivity contribution in [2.75, 3.05) is 26.2 Å². The number of rotatable bonds is 7. The zero-order valence-electron chi connectivity index (χ0n) is 20.3. The van der Waals surface area contributed by atoms with E-state index < -0.39 is 70.4 Å². The number of carbonyl (C=O) groups is 7. The van der Waals surface area contributed by atoms with E-state index in [-0.39, 0.29) is 13.1 Å². The Morgan fingerprint density at radius 2 is 1.61 bits per heavy atom. The summed E-state index contributed by atoms with van der Waals surface area (Å²) in [4.78, 5) is 88.3. The molecule has 1 aromatic carbocycles. The van der Waals surface area contributed by atoms with Crippen LogP contribution in [0.25, 0.3) is 0 Å². The second kappa shape index (κ2) is 11.2. The number of β-lactam (4-membered cyclic amide) rings is 1. The number of urea groups is 2. The first kappa shape index (κ1) is 28.0. The van der Waals surface area contributed by atoms with Crippen LogP contribution in [-0.2, 0) is 34.2 Å². The molecule has 0 radical (unpaired) electrons. The van der Waals surface area contributed by atoms with Crippen LogP contribution in [0.5, 0.6) is 0 Å². The molecule has 2 saturated heterocycles. The van der Waals surface area contributed by atoms with Gasteiger partial charge in [0.15, 0.2) is 0 Å². The van der Waals surface area contributed by atoms with Gasteiger partial charge in [-0.1, -0.05) is 30.3 Å². The molecule has 0 bridgehead atoms. The van der Waals surface area contributed by atoms with Gasteiger partial charge in [0.25, 0.3) is 5.91 Å². The number of imide groups is 2. The predicted molar refractivity (Wildman–Crippen MR) is 127 cm³/mol. The molecule has 0 spiro atoms. The van der Waals surface area contributed by atoms with Crippen molar-refractivity contribution >= 4 is 51.8 Å². The van der Waals surface area contributed by atoms with E-state index in [0.717, 1.165) is 6.92 Å². The molecule has 9 amide bonds. The van der Waals surface area contributed by atoms with Crippen molar-refractivity contribution < 1.29 is 42.0 Å². The molecule has 17 heteroatoms. The Morgan fingerprint density at radius 1 is 0.947 bits per heavy atom. The summed E-state index contributed by atoms with van der Waals surface area (Å²) < 4.78 is 26.3. The molecule has 16 nitrogen and oxygen atoms in total. The Bertz CT molecular complexity index is 1280. The Labute approximate surface area is 216 Å². The molecule has 1 aromatic rings. The summed E-state index contributed by atoms with van der Waals surface area (Å²) in [6.45, 7) is 2.53. The normalized spacial score (nSPS) is 18.3. The van der Waals surface area contributed by atoms with Crippen LogP contribution in [0.1, 0.15) is 25.5 Å². The lowest BCUT2D eigenvalue weighted by Crippen LogP contribution is -2.68. The molecule has 2 fully saturated rings. The molecule has 0 aromatic heterocycles. The molecule has 2 atom stereocenters. The zero-order valence-corrected chi connectivity index (χ0v) is 21.1. The fourth-order valence-corrected chi connectivity index (χ4v) is 4.44. The van der Waals surface area contributed by atoms with Gasteiger partial charge in [-0.15, -0.1) is 0 Å². The van der Waals surface area contributed by atoms with Gasteiger partial charge in [0.05, 0.1) is 6.54 Å². The average molecular weight is 552 g/mol. The number of likely N-dealkylation sites (tertiary alicyclic amines) is 1. The third kappa shape index (κ3) is 6.23. The van der Waals surface area contributed by atoms with Gasteiger partial charge >= 0.3 is 34.1 Å². The Morgan fingerprint density at radius 3 is 2.18 bits per heavy atom. The average Bonchev–Trinajstić information content (AvgIpc) is 2.85. The maximum Gasteiger partial charge on any atom is 0.339 e. The van der Waals surface area contributed by atoms with E-state index in [1.54, 1.807) is 25.1 Å².